The van der Waals surface area contributed by atoms with Crippen molar-refractivity contribution >= 4 is 5.91 Å². The van der Waals surface area contributed by atoms with Crippen LogP contribution >= 0.6 is 0 Å². The average Bonchev–Trinajstić information content (AvgIpc) is 2.48. The van der Waals surface area contributed by atoms with Crippen LogP contribution in [0.3, 0.4) is 0 Å². The van der Waals surface area contributed by atoms with Gasteiger partial charge in [-0.3, -0.25) is 9.78 Å². The number of hydrogen-bond donors (Lipinski definition) is 2. The van der Waals surface area contributed by atoms with Crippen molar-refractivity contribution in [3.05, 3.63) is 30.1 Å². The highest BCUT2D eigenvalue weighted by Crippen LogP contribution is 1.93. The van der Waals surface area contributed by atoms with E-state index in [2.05, 4.69) is 15.6 Å². The second kappa shape index (κ2) is 11.3. The normalized spacial score (nSPS) is 10.4. The summed E-state index contributed by atoms with van der Waals surface area (Å²) in [6, 6.07) is 3.94. The van der Waals surface area contributed by atoms with Crippen LogP contribution in [0.25, 0.3) is 0 Å². The molecule has 0 fully saturated rings. The van der Waals surface area contributed by atoms with Crippen LogP contribution < -0.4 is 10.6 Å². The Kier molecular flexibility index (Phi) is 9.38. The molecule has 0 aliphatic carbocycles. The quantitative estimate of drug-likeness (QED) is 0.572. The molecule has 0 bridgehead atoms. The number of amides is 1. The molecule has 0 radical (unpaired) electrons. The van der Waals surface area contributed by atoms with Gasteiger partial charge >= 0.3 is 0 Å². The minimum Gasteiger partial charge on any atom is -0.382 e. The van der Waals surface area contributed by atoms with Crippen LogP contribution in [0.15, 0.2) is 24.5 Å². The minimum atomic E-state index is -0.0895. The molecule has 0 unspecified atom stereocenters. The number of ether oxygens (including phenoxy) is 2. The average molecular weight is 281 g/mol. The highest BCUT2D eigenvalue weighted by atomic mass is 16.5. The third kappa shape index (κ3) is 8.58. The van der Waals surface area contributed by atoms with E-state index in [9.17, 15) is 4.79 Å². The van der Waals surface area contributed by atoms with Gasteiger partial charge in [0, 0.05) is 32.6 Å². The third-order valence-electron chi connectivity index (χ3n) is 2.57. The summed E-state index contributed by atoms with van der Waals surface area (Å²) < 4.78 is 9.93. The van der Waals surface area contributed by atoms with Gasteiger partial charge in [0.2, 0.25) is 5.91 Å². The summed E-state index contributed by atoms with van der Waals surface area (Å²) in [5, 5.41) is 6.10. The fraction of sp³-hybridized carbons (Fsp3) is 0.571. The molecule has 1 aromatic rings. The molecule has 1 amide bonds. The number of carbonyl (C=O) groups excluding carboxylic acids is 1. The van der Waals surface area contributed by atoms with Crippen LogP contribution in [0.2, 0.25) is 0 Å². The van der Waals surface area contributed by atoms with Crippen molar-refractivity contribution in [2.24, 2.45) is 0 Å². The molecule has 6 heteroatoms. The Morgan fingerprint density at radius 1 is 1.35 bits per heavy atom. The smallest absolute Gasteiger partial charge is 0.246 e. The molecule has 0 aromatic carbocycles. The van der Waals surface area contributed by atoms with E-state index in [0.717, 1.165) is 25.1 Å². The first-order valence-corrected chi connectivity index (χ1v) is 6.76. The van der Waals surface area contributed by atoms with E-state index < -0.39 is 0 Å². The summed E-state index contributed by atoms with van der Waals surface area (Å²) in [6.45, 7) is 3.32. The second-order valence-corrected chi connectivity index (χ2v) is 4.29. The SMILES string of the molecule is COCCOCC(=O)NCCCNCc1cccnc1. The van der Waals surface area contributed by atoms with E-state index in [0.29, 0.717) is 19.8 Å². The third-order valence-corrected chi connectivity index (χ3v) is 2.57. The van der Waals surface area contributed by atoms with Gasteiger partial charge < -0.3 is 20.1 Å². The van der Waals surface area contributed by atoms with Gasteiger partial charge in [0.05, 0.1) is 13.2 Å². The van der Waals surface area contributed by atoms with Gasteiger partial charge in [-0.2, -0.15) is 0 Å². The molecule has 0 aliphatic heterocycles. The molecule has 0 aliphatic rings. The van der Waals surface area contributed by atoms with Crippen molar-refractivity contribution < 1.29 is 14.3 Å². The number of carbonyl (C=O) groups is 1. The molecule has 1 aromatic heterocycles. The maximum Gasteiger partial charge on any atom is 0.246 e. The van der Waals surface area contributed by atoms with Gasteiger partial charge in [-0.15, -0.1) is 0 Å². The van der Waals surface area contributed by atoms with Gasteiger partial charge in [-0.25, -0.2) is 0 Å². The summed E-state index contributed by atoms with van der Waals surface area (Å²) >= 11 is 0. The Balaban J connectivity index is 1.90. The monoisotopic (exact) mass is 281 g/mol. The number of nitrogens with zero attached hydrogens (tertiary/aromatic N) is 1. The summed E-state index contributed by atoms with van der Waals surface area (Å²) in [5.74, 6) is -0.0895. The first kappa shape index (κ1) is 16.6. The van der Waals surface area contributed by atoms with Crippen LogP contribution in [0.4, 0.5) is 0 Å². The largest absolute Gasteiger partial charge is 0.382 e. The number of hydrogen-bond acceptors (Lipinski definition) is 5. The second-order valence-electron chi connectivity index (χ2n) is 4.29. The Morgan fingerprint density at radius 3 is 3.00 bits per heavy atom. The first-order valence-electron chi connectivity index (χ1n) is 6.76. The van der Waals surface area contributed by atoms with Crippen molar-refractivity contribution in [3.63, 3.8) is 0 Å². The van der Waals surface area contributed by atoms with Gasteiger partial charge in [-0.05, 0) is 24.6 Å². The lowest BCUT2D eigenvalue weighted by Crippen LogP contribution is -2.30. The topological polar surface area (TPSA) is 72.5 Å². The van der Waals surface area contributed by atoms with E-state index in [1.807, 2.05) is 18.3 Å². The number of aromatic nitrogens is 1. The van der Waals surface area contributed by atoms with E-state index in [1.54, 1.807) is 13.3 Å². The zero-order valence-corrected chi connectivity index (χ0v) is 11.9. The fourth-order valence-corrected chi connectivity index (χ4v) is 1.53. The van der Waals surface area contributed by atoms with Crippen LogP contribution in [-0.2, 0) is 20.8 Å². The fourth-order valence-electron chi connectivity index (χ4n) is 1.53. The van der Waals surface area contributed by atoms with Gasteiger partial charge in [0.15, 0.2) is 0 Å². The van der Waals surface area contributed by atoms with E-state index in [-0.39, 0.29) is 12.5 Å². The summed E-state index contributed by atoms with van der Waals surface area (Å²) in [4.78, 5) is 15.4. The van der Waals surface area contributed by atoms with Crippen molar-refractivity contribution in [1.82, 2.24) is 15.6 Å². The molecule has 20 heavy (non-hydrogen) atoms. The molecule has 0 atom stereocenters. The van der Waals surface area contributed by atoms with Crippen molar-refractivity contribution in [1.29, 1.82) is 0 Å². The van der Waals surface area contributed by atoms with E-state index >= 15 is 0 Å². The van der Waals surface area contributed by atoms with Crippen LogP contribution in [0, 0.1) is 0 Å². The molecule has 2 N–H and O–H groups in total. The number of pyridine rings is 1. The number of nitrogens with one attached hydrogen (secondary N) is 2. The van der Waals surface area contributed by atoms with Crippen molar-refractivity contribution in [2.45, 2.75) is 13.0 Å². The zero-order valence-electron chi connectivity index (χ0n) is 11.9. The lowest BCUT2D eigenvalue weighted by molar-refractivity contribution is -0.126. The molecular formula is C14H23N3O3. The van der Waals surface area contributed by atoms with Crippen molar-refractivity contribution in [2.75, 3.05) is 40.0 Å². The number of methoxy groups -OCH3 is 1. The summed E-state index contributed by atoms with van der Waals surface area (Å²) in [6.07, 6.45) is 4.48. The lowest BCUT2D eigenvalue weighted by atomic mass is 10.3. The van der Waals surface area contributed by atoms with Gasteiger partial charge in [0.1, 0.15) is 6.61 Å². The standard InChI is InChI=1S/C14H23N3O3/c1-19-8-9-20-12-14(18)17-7-3-6-16-11-13-4-2-5-15-10-13/h2,4-5,10,16H,3,6-9,11-12H2,1H3,(H,17,18). The summed E-state index contributed by atoms with van der Waals surface area (Å²) in [7, 11) is 1.60. The molecule has 0 spiro atoms. The molecule has 1 heterocycles. The molecule has 1 rings (SSSR count). The van der Waals surface area contributed by atoms with Crippen LogP contribution in [0.1, 0.15) is 12.0 Å². The predicted molar refractivity (Wildman–Crippen MR) is 76.3 cm³/mol. The summed E-state index contributed by atoms with van der Waals surface area (Å²) in [5.41, 5.74) is 1.16. The molecular weight excluding hydrogens is 258 g/mol. The number of rotatable bonds is 11. The first-order chi connectivity index (χ1) is 9.83. The minimum absolute atomic E-state index is 0.0895. The highest BCUT2D eigenvalue weighted by molar-refractivity contribution is 5.77. The van der Waals surface area contributed by atoms with Crippen LogP contribution in [-0.4, -0.2) is 50.9 Å². The lowest BCUT2D eigenvalue weighted by Gasteiger charge is -2.07. The van der Waals surface area contributed by atoms with E-state index in [1.165, 1.54) is 0 Å². The molecule has 0 saturated carbocycles. The van der Waals surface area contributed by atoms with Crippen molar-refractivity contribution in [3.8, 4) is 0 Å². The maximum absolute atomic E-state index is 11.4. The Labute approximate surface area is 119 Å². The van der Waals surface area contributed by atoms with Crippen LogP contribution in [0.5, 0.6) is 0 Å². The Bertz CT molecular complexity index is 360. The predicted octanol–water partition coefficient (Wildman–Crippen LogP) is 0.341. The van der Waals surface area contributed by atoms with Gasteiger partial charge in [-0.1, -0.05) is 6.07 Å². The maximum atomic E-state index is 11.4. The molecule has 112 valence electrons. The Morgan fingerprint density at radius 2 is 2.25 bits per heavy atom. The molecule has 0 saturated heterocycles. The molecule has 6 nitrogen and oxygen atoms in total. The van der Waals surface area contributed by atoms with E-state index in [4.69, 9.17) is 9.47 Å². The zero-order chi connectivity index (χ0) is 14.5. The highest BCUT2D eigenvalue weighted by Gasteiger charge is 2.00. The Hall–Kier alpha value is -1.50. The van der Waals surface area contributed by atoms with Gasteiger partial charge in [0.25, 0.3) is 0 Å².